The molecule has 1 fully saturated rings. The first kappa shape index (κ1) is 9.49. The Morgan fingerprint density at radius 3 is 2.93 bits per heavy atom. The number of epoxide rings is 1. The Balaban J connectivity index is 2.02. The molecule has 1 N–H and O–H groups in total. The molecule has 0 bridgehead atoms. The standard InChI is InChI=1S/C11H14O3/c12-5-6-13-11-4-2-1-3-9(11)7-10-8-14-10/h1-4,10,12H,5-8H2. The maximum absolute atomic E-state index is 8.66. The van der Waals surface area contributed by atoms with Crippen LogP contribution in [0.4, 0.5) is 0 Å². The molecule has 3 heteroatoms. The van der Waals surface area contributed by atoms with Gasteiger partial charge < -0.3 is 14.6 Å². The number of hydrogen-bond donors (Lipinski definition) is 1. The van der Waals surface area contributed by atoms with E-state index in [-0.39, 0.29) is 6.61 Å². The Morgan fingerprint density at radius 2 is 2.21 bits per heavy atom. The lowest BCUT2D eigenvalue weighted by molar-refractivity contribution is 0.200. The zero-order valence-corrected chi connectivity index (χ0v) is 7.98. The largest absolute Gasteiger partial charge is 0.491 e. The number of benzene rings is 1. The maximum atomic E-state index is 8.66. The fourth-order valence-corrected chi connectivity index (χ4v) is 1.40. The van der Waals surface area contributed by atoms with E-state index < -0.39 is 0 Å². The van der Waals surface area contributed by atoms with Gasteiger partial charge in [0.05, 0.1) is 19.3 Å². The molecule has 1 aromatic rings. The summed E-state index contributed by atoms with van der Waals surface area (Å²) in [5.74, 6) is 0.858. The van der Waals surface area contributed by atoms with Gasteiger partial charge in [-0.3, -0.25) is 0 Å². The van der Waals surface area contributed by atoms with Gasteiger partial charge >= 0.3 is 0 Å². The first-order valence-electron chi connectivity index (χ1n) is 4.83. The summed E-state index contributed by atoms with van der Waals surface area (Å²) in [6.45, 7) is 1.26. The second-order valence-electron chi connectivity index (χ2n) is 3.34. The lowest BCUT2D eigenvalue weighted by atomic mass is 10.1. The van der Waals surface area contributed by atoms with E-state index in [1.807, 2.05) is 24.3 Å². The maximum Gasteiger partial charge on any atom is 0.122 e. The predicted molar refractivity (Wildman–Crippen MR) is 52.5 cm³/mol. The number of para-hydroxylation sites is 1. The third kappa shape index (κ3) is 2.47. The predicted octanol–water partition coefficient (Wildman–Crippen LogP) is 0.999. The van der Waals surface area contributed by atoms with Crippen molar-refractivity contribution >= 4 is 0 Å². The van der Waals surface area contributed by atoms with E-state index in [0.717, 1.165) is 24.3 Å². The highest BCUT2D eigenvalue weighted by Crippen LogP contribution is 2.24. The van der Waals surface area contributed by atoms with Crippen LogP contribution in [0.2, 0.25) is 0 Å². The van der Waals surface area contributed by atoms with E-state index in [2.05, 4.69) is 0 Å². The van der Waals surface area contributed by atoms with Gasteiger partial charge in [-0.05, 0) is 11.6 Å². The van der Waals surface area contributed by atoms with E-state index in [0.29, 0.717) is 12.7 Å². The second kappa shape index (κ2) is 4.44. The molecule has 2 rings (SSSR count). The highest BCUT2D eigenvalue weighted by Gasteiger charge is 2.23. The van der Waals surface area contributed by atoms with E-state index in [1.165, 1.54) is 0 Å². The fourth-order valence-electron chi connectivity index (χ4n) is 1.40. The van der Waals surface area contributed by atoms with E-state index >= 15 is 0 Å². The summed E-state index contributed by atoms with van der Waals surface area (Å²) in [6.07, 6.45) is 1.27. The summed E-state index contributed by atoms with van der Waals surface area (Å²) in [5.41, 5.74) is 1.16. The Hall–Kier alpha value is -1.06. The van der Waals surface area contributed by atoms with Crippen molar-refractivity contribution in [3.05, 3.63) is 29.8 Å². The molecule has 0 aromatic heterocycles. The van der Waals surface area contributed by atoms with Crippen molar-refractivity contribution in [2.45, 2.75) is 12.5 Å². The molecule has 14 heavy (non-hydrogen) atoms. The minimum absolute atomic E-state index is 0.0499. The molecule has 1 saturated heterocycles. The van der Waals surface area contributed by atoms with Crippen LogP contribution in [0.1, 0.15) is 5.56 Å². The average Bonchev–Trinajstić information content (AvgIpc) is 3.01. The van der Waals surface area contributed by atoms with Gasteiger partial charge in [-0.2, -0.15) is 0 Å². The SMILES string of the molecule is OCCOc1ccccc1CC1CO1. The molecule has 3 nitrogen and oxygen atoms in total. The van der Waals surface area contributed by atoms with Crippen LogP contribution in [0.3, 0.4) is 0 Å². The van der Waals surface area contributed by atoms with Crippen LogP contribution < -0.4 is 4.74 Å². The van der Waals surface area contributed by atoms with Gasteiger partial charge in [0.2, 0.25) is 0 Å². The molecule has 0 spiro atoms. The summed E-state index contributed by atoms with van der Waals surface area (Å²) in [4.78, 5) is 0. The molecule has 76 valence electrons. The quantitative estimate of drug-likeness (QED) is 0.711. The molecule has 0 saturated carbocycles. The number of rotatable bonds is 5. The van der Waals surface area contributed by atoms with Gasteiger partial charge in [0, 0.05) is 6.42 Å². The minimum Gasteiger partial charge on any atom is -0.491 e. The van der Waals surface area contributed by atoms with Crippen LogP contribution in [-0.2, 0) is 11.2 Å². The van der Waals surface area contributed by atoms with Crippen molar-refractivity contribution in [3.8, 4) is 5.75 Å². The smallest absolute Gasteiger partial charge is 0.122 e. The lowest BCUT2D eigenvalue weighted by Gasteiger charge is -2.08. The van der Waals surface area contributed by atoms with Crippen molar-refractivity contribution in [3.63, 3.8) is 0 Å². The number of ether oxygens (including phenoxy) is 2. The molecule has 1 aliphatic heterocycles. The molecule has 1 aliphatic rings. The van der Waals surface area contributed by atoms with Crippen LogP contribution in [0.25, 0.3) is 0 Å². The Bertz CT molecular complexity index is 294. The van der Waals surface area contributed by atoms with Crippen LogP contribution in [-0.4, -0.2) is 31.0 Å². The van der Waals surface area contributed by atoms with Crippen molar-refractivity contribution in [2.24, 2.45) is 0 Å². The van der Waals surface area contributed by atoms with Crippen LogP contribution in [0, 0.1) is 0 Å². The van der Waals surface area contributed by atoms with E-state index in [4.69, 9.17) is 14.6 Å². The third-order valence-corrected chi connectivity index (χ3v) is 2.17. The van der Waals surface area contributed by atoms with Gasteiger partial charge in [-0.25, -0.2) is 0 Å². The fraction of sp³-hybridized carbons (Fsp3) is 0.455. The van der Waals surface area contributed by atoms with Gasteiger partial charge in [0.1, 0.15) is 12.4 Å². The number of aliphatic hydroxyl groups is 1. The Labute approximate surface area is 83.3 Å². The lowest BCUT2D eigenvalue weighted by Crippen LogP contribution is -2.05. The summed E-state index contributed by atoms with van der Waals surface area (Å²) in [5, 5.41) is 8.66. The third-order valence-electron chi connectivity index (χ3n) is 2.17. The van der Waals surface area contributed by atoms with Gasteiger partial charge in [0.15, 0.2) is 0 Å². The minimum atomic E-state index is 0.0499. The van der Waals surface area contributed by atoms with Crippen molar-refractivity contribution in [1.82, 2.24) is 0 Å². The van der Waals surface area contributed by atoms with Gasteiger partial charge in [-0.15, -0.1) is 0 Å². The van der Waals surface area contributed by atoms with Crippen molar-refractivity contribution in [1.29, 1.82) is 0 Å². The molecule has 0 radical (unpaired) electrons. The summed E-state index contributed by atoms with van der Waals surface area (Å²) >= 11 is 0. The highest BCUT2D eigenvalue weighted by molar-refractivity contribution is 5.34. The van der Waals surface area contributed by atoms with E-state index in [1.54, 1.807) is 0 Å². The molecule has 1 unspecified atom stereocenters. The molecule has 1 aromatic carbocycles. The molecule has 0 amide bonds. The zero-order chi connectivity index (χ0) is 9.80. The summed E-state index contributed by atoms with van der Waals surface area (Å²) in [6, 6.07) is 7.88. The number of aliphatic hydroxyl groups excluding tert-OH is 1. The van der Waals surface area contributed by atoms with Crippen LogP contribution >= 0.6 is 0 Å². The highest BCUT2D eigenvalue weighted by atomic mass is 16.6. The van der Waals surface area contributed by atoms with Gasteiger partial charge in [-0.1, -0.05) is 18.2 Å². The van der Waals surface area contributed by atoms with Crippen LogP contribution in [0.15, 0.2) is 24.3 Å². The first-order valence-corrected chi connectivity index (χ1v) is 4.83. The average molecular weight is 194 g/mol. The topological polar surface area (TPSA) is 42.0 Å². The molecule has 0 aliphatic carbocycles. The van der Waals surface area contributed by atoms with E-state index in [9.17, 15) is 0 Å². The molecular formula is C11H14O3. The second-order valence-corrected chi connectivity index (χ2v) is 3.34. The van der Waals surface area contributed by atoms with Gasteiger partial charge in [0.25, 0.3) is 0 Å². The number of hydrogen-bond acceptors (Lipinski definition) is 3. The van der Waals surface area contributed by atoms with Crippen molar-refractivity contribution < 1.29 is 14.6 Å². The van der Waals surface area contributed by atoms with Crippen molar-refractivity contribution in [2.75, 3.05) is 19.8 Å². The summed E-state index contributed by atoms with van der Waals surface area (Å²) in [7, 11) is 0. The Kier molecular flexibility index (Phi) is 3.01. The Morgan fingerprint density at radius 1 is 1.43 bits per heavy atom. The monoisotopic (exact) mass is 194 g/mol. The summed E-state index contributed by atoms with van der Waals surface area (Å²) < 4.78 is 10.6. The molecule has 1 heterocycles. The molecule has 1 atom stereocenters. The first-order chi connectivity index (χ1) is 6.90. The molecular weight excluding hydrogens is 180 g/mol. The normalized spacial score (nSPS) is 19.4. The van der Waals surface area contributed by atoms with Crippen LogP contribution in [0.5, 0.6) is 5.75 Å². The zero-order valence-electron chi connectivity index (χ0n) is 7.98.